The highest BCUT2D eigenvalue weighted by atomic mass is 16.5. The van der Waals surface area contributed by atoms with Crippen LogP contribution in [0.2, 0.25) is 0 Å². The third-order valence-corrected chi connectivity index (χ3v) is 3.60. The maximum Gasteiger partial charge on any atom is 0.328 e. The van der Waals surface area contributed by atoms with E-state index < -0.39 is 0 Å². The zero-order valence-electron chi connectivity index (χ0n) is 11.9. The topological polar surface area (TPSA) is 46.6 Å². The molecule has 1 saturated heterocycles. The Hall–Kier alpha value is -1.84. The molecule has 1 fully saturated rings. The van der Waals surface area contributed by atoms with Gasteiger partial charge in [0.05, 0.1) is 6.61 Å². The van der Waals surface area contributed by atoms with Gasteiger partial charge < -0.3 is 9.64 Å². The molecule has 1 aromatic rings. The molecule has 0 bridgehead atoms. The average molecular weight is 275 g/mol. The molecule has 1 aliphatic rings. The average Bonchev–Trinajstić information content (AvgIpc) is 2.96. The predicted octanol–water partition coefficient (Wildman–Crippen LogP) is 2.17. The summed E-state index contributed by atoms with van der Waals surface area (Å²) in [5.41, 5.74) is 1.15. The first-order valence-electron chi connectivity index (χ1n) is 7.22. The lowest BCUT2D eigenvalue weighted by molar-refractivity contribution is -0.153. The number of nitrogens with zero attached hydrogens (tertiary/aromatic N) is 1. The molecule has 0 aliphatic carbocycles. The fraction of sp³-hybridized carbons (Fsp3) is 0.500. The molecule has 0 radical (unpaired) electrons. The third-order valence-electron chi connectivity index (χ3n) is 3.60. The van der Waals surface area contributed by atoms with Gasteiger partial charge in [-0.3, -0.25) is 4.79 Å². The lowest BCUT2D eigenvalue weighted by Gasteiger charge is -2.23. The highest BCUT2D eigenvalue weighted by Gasteiger charge is 2.34. The number of carbonyl (C=O) groups excluding carboxylic acids is 2. The van der Waals surface area contributed by atoms with Crippen molar-refractivity contribution in [3.05, 3.63) is 35.9 Å². The van der Waals surface area contributed by atoms with Crippen LogP contribution >= 0.6 is 0 Å². The Morgan fingerprint density at radius 1 is 1.30 bits per heavy atom. The van der Waals surface area contributed by atoms with E-state index in [0.717, 1.165) is 18.4 Å². The SMILES string of the molecule is CCOC(=O)C1CCCN1C(=O)CCc1ccccc1. The second-order valence-corrected chi connectivity index (χ2v) is 4.98. The van der Waals surface area contributed by atoms with Crippen molar-refractivity contribution in [1.29, 1.82) is 0 Å². The van der Waals surface area contributed by atoms with Gasteiger partial charge in [0.2, 0.25) is 5.91 Å². The maximum atomic E-state index is 12.3. The summed E-state index contributed by atoms with van der Waals surface area (Å²) < 4.78 is 5.04. The molecule has 1 amide bonds. The van der Waals surface area contributed by atoms with Gasteiger partial charge in [-0.2, -0.15) is 0 Å². The Morgan fingerprint density at radius 3 is 2.75 bits per heavy atom. The van der Waals surface area contributed by atoms with Crippen LogP contribution in [0.25, 0.3) is 0 Å². The Morgan fingerprint density at radius 2 is 2.05 bits per heavy atom. The van der Waals surface area contributed by atoms with E-state index in [9.17, 15) is 9.59 Å². The number of hydrogen-bond acceptors (Lipinski definition) is 3. The molecule has 0 aromatic heterocycles. The van der Waals surface area contributed by atoms with Gasteiger partial charge in [0.1, 0.15) is 6.04 Å². The van der Waals surface area contributed by atoms with Crippen molar-refractivity contribution in [2.45, 2.75) is 38.6 Å². The van der Waals surface area contributed by atoms with Gasteiger partial charge in [-0.15, -0.1) is 0 Å². The van der Waals surface area contributed by atoms with Crippen molar-refractivity contribution in [2.24, 2.45) is 0 Å². The number of benzene rings is 1. The lowest BCUT2D eigenvalue weighted by atomic mass is 10.1. The summed E-state index contributed by atoms with van der Waals surface area (Å²) in [5.74, 6) is -0.220. The molecule has 0 saturated carbocycles. The van der Waals surface area contributed by atoms with Crippen molar-refractivity contribution in [2.75, 3.05) is 13.2 Å². The monoisotopic (exact) mass is 275 g/mol. The second-order valence-electron chi connectivity index (χ2n) is 4.98. The molecule has 0 spiro atoms. The smallest absolute Gasteiger partial charge is 0.328 e. The first-order chi connectivity index (χ1) is 9.72. The summed E-state index contributed by atoms with van der Waals surface area (Å²) in [6, 6.07) is 9.55. The molecule has 20 heavy (non-hydrogen) atoms. The van der Waals surface area contributed by atoms with E-state index in [1.165, 1.54) is 0 Å². The number of rotatable bonds is 5. The molecule has 4 nitrogen and oxygen atoms in total. The first kappa shape index (κ1) is 14.6. The molecule has 1 heterocycles. The number of esters is 1. The maximum absolute atomic E-state index is 12.3. The molecular formula is C16H21NO3. The summed E-state index contributed by atoms with van der Waals surface area (Å²) in [6.07, 6.45) is 2.75. The standard InChI is InChI=1S/C16H21NO3/c1-2-20-16(19)14-9-6-12-17(14)15(18)11-10-13-7-4-3-5-8-13/h3-5,7-8,14H,2,6,9-12H2,1H3. The molecule has 108 valence electrons. The summed E-state index contributed by atoms with van der Waals surface area (Å²) in [7, 11) is 0. The zero-order chi connectivity index (χ0) is 14.4. The van der Waals surface area contributed by atoms with E-state index in [-0.39, 0.29) is 17.9 Å². The van der Waals surface area contributed by atoms with Crippen LogP contribution in [0.3, 0.4) is 0 Å². The van der Waals surface area contributed by atoms with E-state index >= 15 is 0 Å². The fourth-order valence-electron chi connectivity index (χ4n) is 2.59. The Labute approximate surface area is 119 Å². The van der Waals surface area contributed by atoms with E-state index in [1.807, 2.05) is 30.3 Å². The zero-order valence-corrected chi connectivity index (χ0v) is 11.9. The van der Waals surface area contributed by atoms with Gasteiger partial charge in [0.25, 0.3) is 0 Å². The first-order valence-corrected chi connectivity index (χ1v) is 7.22. The van der Waals surface area contributed by atoms with Crippen LogP contribution < -0.4 is 0 Å². The van der Waals surface area contributed by atoms with Gasteiger partial charge in [-0.1, -0.05) is 30.3 Å². The van der Waals surface area contributed by atoms with Crippen LogP contribution in [0.1, 0.15) is 31.7 Å². The highest BCUT2D eigenvalue weighted by Crippen LogP contribution is 2.20. The minimum atomic E-state index is -0.377. The van der Waals surface area contributed by atoms with Crippen LogP contribution in [-0.4, -0.2) is 36.0 Å². The van der Waals surface area contributed by atoms with Crippen molar-refractivity contribution in [3.8, 4) is 0 Å². The van der Waals surface area contributed by atoms with Gasteiger partial charge in [0.15, 0.2) is 0 Å². The molecule has 1 unspecified atom stereocenters. The number of amides is 1. The summed E-state index contributed by atoms with van der Waals surface area (Å²) >= 11 is 0. The molecular weight excluding hydrogens is 254 g/mol. The Bertz CT molecular complexity index is 458. The molecule has 0 N–H and O–H groups in total. The van der Waals surface area contributed by atoms with Gasteiger partial charge in [-0.25, -0.2) is 4.79 Å². The van der Waals surface area contributed by atoms with Crippen molar-refractivity contribution >= 4 is 11.9 Å². The van der Waals surface area contributed by atoms with Crippen molar-refractivity contribution in [1.82, 2.24) is 4.90 Å². The van der Waals surface area contributed by atoms with Crippen molar-refractivity contribution in [3.63, 3.8) is 0 Å². The van der Waals surface area contributed by atoms with Gasteiger partial charge >= 0.3 is 5.97 Å². The predicted molar refractivity (Wildman–Crippen MR) is 76.1 cm³/mol. The summed E-state index contributed by atoms with van der Waals surface area (Å²) in [4.78, 5) is 25.8. The van der Waals surface area contributed by atoms with E-state index in [4.69, 9.17) is 4.74 Å². The van der Waals surface area contributed by atoms with Crippen LogP contribution in [-0.2, 0) is 20.7 Å². The normalized spacial score (nSPS) is 18.1. The molecule has 4 heteroatoms. The summed E-state index contributed by atoms with van der Waals surface area (Å²) in [5, 5.41) is 0. The number of aryl methyl sites for hydroxylation is 1. The van der Waals surface area contributed by atoms with Crippen LogP contribution in [0.4, 0.5) is 0 Å². The Balaban J connectivity index is 1.89. The number of hydrogen-bond donors (Lipinski definition) is 0. The molecule has 1 aromatic carbocycles. The lowest BCUT2D eigenvalue weighted by Crippen LogP contribution is -2.41. The van der Waals surface area contributed by atoms with Crippen LogP contribution in [0.5, 0.6) is 0 Å². The quantitative estimate of drug-likeness (QED) is 0.774. The van der Waals surface area contributed by atoms with Gasteiger partial charge in [0, 0.05) is 13.0 Å². The number of carbonyl (C=O) groups is 2. The molecule has 1 aliphatic heterocycles. The second kappa shape index (κ2) is 7.08. The molecule has 2 rings (SSSR count). The largest absolute Gasteiger partial charge is 0.464 e. The van der Waals surface area contributed by atoms with Crippen molar-refractivity contribution < 1.29 is 14.3 Å². The third kappa shape index (κ3) is 3.59. The Kier molecular flexibility index (Phi) is 5.16. The van der Waals surface area contributed by atoms with Gasteiger partial charge in [-0.05, 0) is 31.7 Å². The highest BCUT2D eigenvalue weighted by molar-refractivity contribution is 5.85. The summed E-state index contributed by atoms with van der Waals surface area (Å²) in [6.45, 7) is 2.81. The van der Waals surface area contributed by atoms with E-state index in [2.05, 4.69) is 0 Å². The number of ether oxygens (including phenoxy) is 1. The minimum absolute atomic E-state index is 0.0457. The molecule has 1 atom stereocenters. The fourth-order valence-corrected chi connectivity index (χ4v) is 2.59. The minimum Gasteiger partial charge on any atom is -0.464 e. The van der Waals surface area contributed by atoms with E-state index in [1.54, 1.807) is 11.8 Å². The van der Waals surface area contributed by atoms with Crippen LogP contribution in [0.15, 0.2) is 30.3 Å². The van der Waals surface area contributed by atoms with Crippen LogP contribution in [0, 0.1) is 0 Å². The number of likely N-dealkylation sites (tertiary alicyclic amines) is 1. The van der Waals surface area contributed by atoms with E-state index in [0.29, 0.717) is 26.0 Å².